The zero-order chi connectivity index (χ0) is 8.69. The number of rotatable bonds is 2. The first kappa shape index (κ1) is 9.63. The summed E-state index contributed by atoms with van der Waals surface area (Å²) in [5.41, 5.74) is 5.08. The smallest absolute Gasteiger partial charge is 0.128 e. The molecule has 4 heteroatoms. The van der Waals surface area contributed by atoms with Crippen LogP contribution in [0.15, 0.2) is 9.98 Å². The van der Waals surface area contributed by atoms with Crippen molar-refractivity contribution in [2.45, 2.75) is 13.8 Å². The molecule has 0 spiro atoms. The van der Waals surface area contributed by atoms with E-state index in [-0.39, 0.29) is 12.5 Å². The highest BCUT2D eigenvalue weighted by molar-refractivity contribution is 5.90. The van der Waals surface area contributed by atoms with Crippen LogP contribution in [0.1, 0.15) is 13.8 Å². The van der Waals surface area contributed by atoms with E-state index in [1.165, 1.54) is 6.34 Å². The van der Waals surface area contributed by atoms with Crippen molar-refractivity contribution in [2.75, 3.05) is 6.54 Å². The highest BCUT2D eigenvalue weighted by Crippen LogP contribution is 1.97. The molecule has 0 rings (SSSR count). The fourth-order valence-electron chi connectivity index (χ4n) is 0.565. The molecule has 0 amide bonds. The van der Waals surface area contributed by atoms with Crippen LogP contribution in [0.4, 0.5) is 0 Å². The van der Waals surface area contributed by atoms with E-state index in [1.54, 1.807) is 0 Å². The van der Waals surface area contributed by atoms with E-state index in [0.717, 1.165) is 0 Å². The van der Waals surface area contributed by atoms with Crippen molar-refractivity contribution in [3.05, 3.63) is 0 Å². The summed E-state index contributed by atoms with van der Waals surface area (Å²) < 4.78 is 0. The molecule has 0 radical (unpaired) electrons. The number of hydrogen-bond acceptors (Lipinski definition) is 2. The molecule has 0 atom stereocenters. The van der Waals surface area contributed by atoms with Crippen molar-refractivity contribution in [3.8, 4) is 6.07 Å². The first-order valence-corrected chi connectivity index (χ1v) is 3.38. The van der Waals surface area contributed by atoms with Crippen LogP contribution >= 0.6 is 0 Å². The minimum Gasteiger partial charge on any atom is -0.390 e. The second-order valence-electron chi connectivity index (χ2n) is 2.27. The Morgan fingerprint density at radius 3 is 2.73 bits per heavy atom. The van der Waals surface area contributed by atoms with Gasteiger partial charge < -0.3 is 5.73 Å². The molecule has 0 aliphatic rings. The molecular weight excluding hydrogens is 140 g/mol. The maximum Gasteiger partial charge on any atom is 0.128 e. The maximum absolute atomic E-state index is 8.22. The fourth-order valence-corrected chi connectivity index (χ4v) is 0.565. The molecule has 2 N–H and O–H groups in total. The van der Waals surface area contributed by atoms with Gasteiger partial charge in [0.15, 0.2) is 0 Å². The molecule has 0 saturated heterocycles. The number of hydrogen-bond donors (Lipinski definition) is 1. The van der Waals surface area contributed by atoms with Crippen molar-refractivity contribution in [1.29, 1.82) is 5.26 Å². The Labute approximate surface area is 66.5 Å². The third-order valence-electron chi connectivity index (χ3n) is 1.03. The molecule has 0 saturated carbocycles. The van der Waals surface area contributed by atoms with E-state index in [0.29, 0.717) is 5.84 Å². The summed E-state index contributed by atoms with van der Waals surface area (Å²) in [6, 6.07) is 1.91. The van der Waals surface area contributed by atoms with Crippen LogP contribution in [-0.2, 0) is 0 Å². The van der Waals surface area contributed by atoms with Gasteiger partial charge in [-0.05, 0) is 0 Å². The summed E-state index contributed by atoms with van der Waals surface area (Å²) in [6.45, 7) is 4.04. The molecule has 0 heterocycles. The number of nitrogens with two attached hydrogens (primary N) is 1. The lowest BCUT2D eigenvalue weighted by Crippen LogP contribution is -2.07. The number of nitrogens with zero attached hydrogens (tertiary/aromatic N) is 3. The van der Waals surface area contributed by atoms with E-state index >= 15 is 0 Å². The number of amidine groups is 1. The summed E-state index contributed by atoms with van der Waals surface area (Å²) in [6.07, 6.45) is 1.19. The molecule has 0 aliphatic heterocycles. The summed E-state index contributed by atoms with van der Waals surface area (Å²) in [7, 11) is 0. The molecule has 0 unspecified atom stereocenters. The second kappa shape index (κ2) is 5.42. The molecule has 0 aromatic rings. The van der Waals surface area contributed by atoms with Crippen LogP contribution in [0, 0.1) is 17.2 Å². The SMILES string of the molecule is CC(C)C(N=CN)=NCC#N. The van der Waals surface area contributed by atoms with Crippen LogP contribution in [0.3, 0.4) is 0 Å². The van der Waals surface area contributed by atoms with E-state index in [4.69, 9.17) is 11.0 Å². The van der Waals surface area contributed by atoms with Crippen LogP contribution in [0.2, 0.25) is 0 Å². The summed E-state index contributed by atoms with van der Waals surface area (Å²) in [4.78, 5) is 7.72. The topological polar surface area (TPSA) is 74.5 Å². The van der Waals surface area contributed by atoms with Gasteiger partial charge in [-0.15, -0.1) is 0 Å². The van der Waals surface area contributed by atoms with Crippen molar-refractivity contribution in [1.82, 2.24) is 0 Å². The molecule has 0 bridgehead atoms. The standard InChI is InChI=1S/C7H12N4/c1-6(2)7(11-5-9)10-4-3-8/h5-6H,4H2,1-2H3,(H2,9,10,11). The molecular formula is C7H12N4. The minimum absolute atomic E-state index is 0.144. The van der Waals surface area contributed by atoms with Crippen LogP contribution in [0.5, 0.6) is 0 Å². The van der Waals surface area contributed by atoms with Gasteiger partial charge >= 0.3 is 0 Å². The van der Waals surface area contributed by atoms with Crippen molar-refractivity contribution >= 4 is 12.2 Å². The van der Waals surface area contributed by atoms with Gasteiger partial charge in [-0.1, -0.05) is 13.8 Å². The molecule has 4 nitrogen and oxygen atoms in total. The molecule has 0 fully saturated rings. The van der Waals surface area contributed by atoms with Gasteiger partial charge in [-0.25, -0.2) is 4.99 Å². The zero-order valence-electron chi connectivity index (χ0n) is 6.78. The van der Waals surface area contributed by atoms with Crippen molar-refractivity contribution in [3.63, 3.8) is 0 Å². The molecule has 0 aliphatic carbocycles. The Bertz CT molecular complexity index is 197. The van der Waals surface area contributed by atoms with Crippen LogP contribution in [0.25, 0.3) is 0 Å². The van der Waals surface area contributed by atoms with Gasteiger partial charge in [0, 0.05) is 5.92 Å². The monoisotopic (exact) mass is 152 g/mol. The minimum atomic E-state index is 0.144. The van der Waals surface area contributed by atoms with E-state index in [9.17, 15) is 0 Å². The first-order valence-electron chi connectivity index (χ1n) is 3.38. The van der Waals surface area contributed by atoms with E-state index in [2.05, 4.69) is 9.98 Å². The molecule has 60 valence electrons. The quantitative estimate of drug-likeness (QED) is 0.356. The lowest BCUT2D eigenvalue weighted by Gasteiger charge is -2.01. The Morgan fingerprint density at radius 2 is 2.36 bits per heavy atom. The summed E-state index contributed by atoms with van der Waals surface area (Å²) in [5.74, 6) is 0.831. The normalized spacial score (nSPS) is 12.4. The Balaban J connectivity index is 4.23. The lowest BCUT2D eigenvalue weighted by molar-refractivity contribution is 0.866. The van der Waals surface area contributed by atoms with Crippen LogP contribution in [-0.4, -0.2) is 18.7 Å². The van der Waals surface area contributed by atoms with Gasteiger partial charge in [-0.2, -0.15) is 5.26 Å². The number of aliphatic imine (C=N–C) groups is 2. The maximum atomic E-state index is 8.22. The third kappa shape index (κ3) is 4.09. The predicted molar refractivity (Wildman–Crippen MR) is 45.4 cm³/mol. The first-order chi connectivity index (χ1) is 5.22. The fraction of sp³-hybridized carbons (Fsp3) is 0.571. The highest BCUT2D eigenvalue weighted by atomic mass is 14.9. The Hall–Kier alpha value is -1.37. The van der Waals surface area contributed by atoms with Gasteiger partial charge in [0.05, 0.1) is 12.4 Å². The number of nitriles is 1. The lowest BCUT2D eigenvalue weighted by atomic mass is 10.2. The average molecular weight is 152 g/mol. The Kier molecular flexibility index (Phi) is 4.74. The third-order valence-corrected chi connectivity index (χ3v) is 1.03. The average Bonchev–Trinajstić information content (AvgIpc) is 1.97. The zero-order valence-corrected chi connectivity index (χ0v) is 6.78. The summed E-state index contributed by atoms with van der Waals surface area (Å²) in [5, 5.41) is 8.22. The molecule has 0 aromatic carbocycles. The van der Waals surface area contributed by atoms with Crippen molar-refractivity contribution in [2.24, 2.45) is 21.6 Å². The van der Waals surface area contributed by atoms with E-state index < -0.39 is 0 Å². The van der Waals surface area contributed by atoms with Crippen molar-refractivity contribution < 1.29 is 0 Å². The van der Waals surface area contributed by atoms with Gasteiger partial charge in [0.25, 0.3) is 0 Å². The van der Waals surface area contributed by atoms with E-state index in [1.807, 2.05) is 19.9 Å². The predicted octanol–water partition coefficient (Wildman–Crippen LogP) is 0.551. The van der Waals surface area contributed by atoms with Gasteiger partial charge in [-0.3, -0.25) is 4.99 Å². The van der Waals surface area contributed by atoms with Crippen LogP contribution < -0.4 is 5.73 Å². The Morgan fingerprint density at radius 1 is 1.73 bits per heavy atom. The highest BCUT2D eigenvalue weighted by Gasteiger charge is 2.00. The molecule has 0 aromatic heterocycles. The second-order valence-corrected chi connectivity index (χ2v) is 2.27. The largest absolute Gasteiger partial charge is 0.390 e. The van der Waals surface area contributed by atoms with Gasteiger partial charge in [0.2, 0.25) is 0 Å². The molecule has 11 heavy (non-hydrogen) atoms. The summed E-state index contributed by atoms with van der Waals surface area (Å²) >= 11 is 0. The van der Waals surface area contributed by atoms with Gasteiger partial charge in [0.1, 0.15) is 12.4 Å².